The highest BCUT2D eigenvalue weighted by Gasteiger charge is 2.35. The number of nitrogens with zero attached hydrogens (tertiary/aromatic N) is 3. The predicted octanol–water partition coefficient (Wildman–Crippen LogP) is 3.93. The highest BCUT2D eigenvalue weighted by molar-refractivity contribution is 7.92. The largest absolute Gasteiger partial charge is 0.489 e. The molecule has 4 aromatic rings. The second kappa shape index (κ2) is 9.93. The maximum atomic E-state index is 14.6. The number of nitrogens with one attached hydrogen (secondary N) is 1. The number of aromatic nitrogens is 3. The topological polar surface area (TPSA) is 120 Å². The summed E-state index contributed by atoms with van der Waals surface area (Å²) in [5.41, 5.74) is 0.679. The number of halogens is 2. The summed E-state index contributed by atoms with van der Waals surface area (Å²) in [5.74, 6) is -1.97. The van der Waals surface area contributed by atoms with E-state index in [9.17, 15) is 22.0 Å². The van der Waals surface area contributed by atoms with E-state index in [0.717, 1.165) is 23.2 Å². The van der Waals surface area contributed by atoms with Crippen LogP contribution in [0.3, 0.4) is 0 Å². The fourth-order valence-corrected chi connectivity index (χ4v) is 5.45. The minimum atomic E-state index is -4.51. The zero-order valence-electron chi connectivity index (χ0n) is 20.4. The standard InChI is InChI=1S/C26H22F2N4O5S/c1-14-3-5-18(26(31-14)36-2)20-6-4-15-12-29-17(11-21(15)32-20)13-30-25(33)16-9-19(27)24-22(10-16)38(34,35)23(28)7-8-37-24/h3-6,9-12,23H,7-8,13H2,1-2H3,(H,30,33)/t23-/m1/s1. The smallest absolute Gasteiger partial charge is 0.251 e. The van der Waals surface area contributed by atoms with E-state index in [1.807, 2.05) is 31.2 Å². The summed E-state index contributed by atoms with van der Waals surface area (Å²) in [6.07, 6.45) is 1.17. The molecule has 0 aliphatic carbocycles. The van der Waals surface area contributed by atoms with Gasteiger partial charge in [0.2, 0.25) is 21.2 Å². The predicted molar refractivity (Wildman–Crippen MR) is 134 cm³/mol. The van der Waals surface area contributed by atoms with Crippen LogP contribution in [0.1, 0.15) is 28.2 Å². The Labute approximate surface area is 216 Å². The summed E-state index contributed by atoms with van der Waals surface area (Å²) in [7, 11) is -2.97. The van der Waals surface area contributed by atoms with Gasteiger partial charge >= 0.3 is 0 Å². The molecule has 1 aliphatic rings. The summed E-state index contributed by atoms with van der Waals surface area (Å²) < 4.78 is 64.2. The van der Waals surface area contributed by atoms with Gasteiger partial charge in [-0.2, -0.15) is 0 Å². The van der Waals surface area contributed by atoms with Gasteiger partial charge < -0.3 is 14.8 Å². The maximum absolute atomic E-state index is 14.6. The number of carbonyl (C=O) groups excluding carboxylic acids is 1. The van der Waals surface area contributed by atoms with Crippen molar-refractivity contribution in [2.24, 2.45) is 0 Å². The molecule has 0 radical (unpaired) electrons. The molecule has 9 nitrogen and oxygen atoms in total. The molecule has 1 aliphatic heterocycles. The lowest BCUT2D eigenvalue weighted by Crippen LogP contribution is -2.24. The van der Waals surface area contributed by atoms with Crippen LogP contribution in [-0.4, -0.2) is 48.5 Å². The first-order chi connectivity index (χ1) is 18.2. The zero-order valence-corrected chi connectivity index (χ0v) is 21.2. The molecule has 1 amide bonds. The van der Waals surface area contributed by atoms with Crippen LogP contribution in [-0.2, 0) is 16.4 Å². The summed E-state index contributed by atoms with van der Waals surface area (Å²) in [6.45, 7) is 1.51. The molecule has 1 atom stereocenters. The lowest BCUT2D eigenvalue weighted by atomic mass is 10.1. The number of methoxy groups -OCH3 is 1. The monoisotopic (exact) mass is 540 g/mol. The van der Waals surface area contributed by atoms with Crippen molar-refractivity contribution < 1.29 is 31.5 Å². The van der Waals surface area contributed by atoms with Gasteiger partial charge in [0.05, 0.1) is 42.7 Å². The fourth-order valence-electron chi connectivity index (χ4n) is 4.06. The number of pyridine rings is 3. The van der Waals surface area contributed by atoms with Crippen molar-refractivity contribution in [2.75, 3.05) is 13.7 Å². The second-order valence-corrected chi connectivity index (χ2v) is 10.7. The highest BCUT2D eigenvalue weighted by Crippen LogP contribution is 2.35. The minimum Gasteiger partial charge on any atom is -0.489 e. The Morgan fingerprint density at radius 1 is 1.18 bits per heavy atom. The third kappa shape index (κ3) is 4.74. The van der Waals surface area contributed by atoms with Crippen molar-refractivity contribution in [3.05, 3.63) is 71.4 Å². The molecule has 3 aromatic heterocycles. The van der Waals surface area contributed by atoms with E-state index in [2.05, 4.69) is 20.3 Å². The summed E-state index contributed by atoms with van der Waals surface area (Å²) in [6, 6.07) is 10.9. The molecule has 0 unspecified atom stereocenters. The molecule has 1 N–H and O–H groups in total. The van der Waals surface area contributed by atoms with E-state index in [1.54, 1.807) is 12.3 Å². The average Bonchev–Trinajstić information content (AvgIpc) is 3.02. The molecular formula is C26H22F2N4O5S. The molecule has 1 aromatic carbocycles. The Morgan fingerprint density at radius 2 is 2.00 bits per heavy atom. The van der Waals surface area contributed by atoms with Crippen LogP contribution in [0, 0.1) is 12.7 Å². The SMILES string of the molecule is COc1nc(C)ccc1-c1ccc2cnc(CNC(=O)c3cc(F)c4c(c3)S(=O)(=O)[C@@H](F)CCO4)cc2n1. The van der Waals surface area contributed by atoms with Crippen molar-refractivity contribution in [3.8, 4) is 22.9 Å². The lowest BCUT2D eigenvalue weighted by Gasteiger charge is -2.12. The average molecular weight is 541 g/mol. The van der Waals surface area contributed by atoms with Gasteiger partial charge in [-0.3, -0.25) is 9.78 Å². The zero-order chi connectivity index (χ0) is 27.0. The Morgan fingerprint density at radius 3 is 2.79 bits per heavy atom. The van der Waals surface area contributed by atoms with Gasteiger partial charge in [0.25, 0.3) is 5.91 Å². The maximum Gasteiger partial charge on any atom is 0.251 e. The number of fused-ring (bicyclic) bond motifs is 2. The third-order valence-electron chi connectivity index (χ3n) is 6.04. The Bertz CT molecular complexity index is 1680. The number of sulfone groups is 1. The first kappa shape index (κ1) is 25.5. The Balaban J connectivity index is 1.39. The van der Waals surface area contributed by atoms with Crippen molar-refractivity contribution in [1.29, 1.82) is 0 Å². The number of rotatable bonds is 5. The first-order valence-electron chi connectivity index (χ1n) is 11.6. The normalized spacial score (nSPS) is 16.3. The van der Waals surface area contributed by atoms with Gasteiger partial charge in [-0.15, -0.1) is 0 Å². The molecule has 12 heteroatoms. The van der Waals surface area contributed by atoms with Gasteiger partial charge in [0, 0.05) is 29.3 Å². The molecule has 5 rings (SSSR count). The molecule has 0 saturated carbocycles. The number of alkyl halides is 1. The van der Waals surface area contributed by atoms with Crippen LogP contribution in [0.15, 0.2) is 53.6 Å². The molecule has 0 spiro atoms. The van der Waals surface area contributed by atoms with E-state index >= 15 is 0 Å². The molecule has 196 valence electrons. The summed E-state index contributed by atoms with van der Waals surface area (Å²) >= 11 is 0. The van der Waals surface area contributed by atoms with Crippen LogP contribution in [0.4, 0.5) is 8.78 Å². The van der Waals surface area contributed by atoms with E-state index in [1.165, 1.54) is 7.11 Å². The lowest BCUT2D eigenvalue weighted by molar-refractivity contribution is 0.0949. The number of carbonyl (C=O) groups is 1. The number of hydrogen-bond donors (Lipinski definition) is 1. The van der Waals surface area contributed by atoms with Gasteiger partial charge in [0.1, 0.15) is 4.90 Å². The number of amides is 1. The van der Waals surface area contributed by atoms with Crippen molar-refractivity contribution >= 4 is 26.6 Å². The second-order valence-electron chi connectivity index (χ2n) is 8.63. The van der Waals surface area contributed by atoms with E-state index < -0.39 is 44.1 Å². The molecule has 0 saturated heterocycles. The third-order valence-corrected chi connectivity index (χ3v) is 7.86. The van der Waals surface area contributed by atoms with Crippen molar-refractivity contribution in [1.82, 2.24) is 20.3 Å². The molecule has 4 heterocycles. The number of benzene rings is 1. The minimum absolute atomic E-state index is 0.0518. The van der Waals surface area contributed by atoms with Gasteiger partial charge in [-0.25, -0.2) is 27.2 Å². The van der Waals surface area contributed by atoms with Crippen molar-refractivity contribution in [2.45, 2.75) is 30.3 Å². The highest BCUT2D eigenvalue weighted by atomic mass is 32.2. The molecule has 0 fully saturated rings. The van der Waals surface area contributed by atoms with Crippen LogP contribution in [0.2, 0.25) is 0 Å². The molecular weight excluding hydrogens is 518 g/mol. The van der Waals surface area contributed by atoms with E-state index in [0.29, 0.717) is 28.3 Å². The molecule has 0 bridgehead atoms. The van der Waals surface area contributed by atoms with Crippen molar-refractivity contribution in [3.63, 3.8) is 0 Å². The van der Waals surface area contributed by atoms with Gasteiger partial charge in [-0.05, 0) is 49.4 Å². The first-order valence-corrected chi connectivity index (χ1v) is 13.1. The summed E-state index contributed by atoms with van der Waals surface area (Å²) in [4.78, 5) is 25.5. The van der Waals surface area contributed by atoms with Crippen LogP contribution >= 0.6 is 0 Å². The summed E-state index contributed by atoms with van der Waals surface area (Å²) in [5, 5.41) is 3.35. The van der Waals surface area contributed by atoms with Crippen LogP contribution < -0.4 is 14.8 Å². The van der Waals surface area contributed by atoms with E-state index in [4.69, 9.17) is 9.47 Å². The Kier molecular flexibility index (Phi) is 6.66. The van der Waals surface area contributed by atoms with E-state index in [-0.39, 0.29) is 18.7 Å². The van der Waals surface area contributed by atoms with Gasteiger partial charge in [0.15, 0.2) is 11.6 Å². The number of hydrogen-bond acceptors (Lipinski definition) is 8. The number of ether oxygens (including phenoxy) is 2. The molecule has 38 heavy (non-hydrogen) atoms. The number of aryl methyl sites for hydroxylation is 1. The van der Waals surface area contributed by atoms with Gasteiger partial charge in [-0.1, -0.05) is 0 Å². The van der Waals surface area contributed by atoms with Crippen LogP contribution in [0.25, 0.3) is 22.2 Å². The van der Waals surface area contributed by atoms with Crippen LogP contribution in [0.5, 0.6) is 11.6 Å². The Hall–Kier alpha value is -4.19. The fraction of sp³-hybridized carbons (Fsp3) is 0.231. The quantitative estimate of drug-likeness (QED) is 0.404.